The second-order valence-corrected chi connectivity index (χ2v) is 4.33. The topological polar surface area (TPSA) is 87.2 Å². The fourth-order valence-electron chi connectivity index (χ4n) is 1.90. The minimum atomic E-state index is -0.547. The van der Waals surface area contributed by atoms with Crippen LogP contribution in [-0.2, 0) is 11.3 Å². The number of nitrogens with one attached hydrogen (secondary N) is 2. The molecule has 0 saturated carbocycles. The molecule has 1 fully saturated rings. The van der Waals surface area contributed by atoms with E-state index in [1.807, 2.05) is 0 Å². The monoisotopic (exact) mass is 252 g/mol. The molecule has 0 atom stereocenters. The van der Waals surface area contributed by atoms with Crippen LogP contribution in [0.4, 0.5) is 0 Å². The molecule has 7 nitrogen and oxygen atoms in total. The highest BCUT2D eigenvalue weighted by molar-refractivity contribution is 5.76. The van der Waals surface area contributed by atoms with Crippen LogP contribution < -0.4 is 16.6 Å². The van der Waals surface area contributed by atoms with Crippen molar-refractivity contribution in [1.29, 1.82) is 0 Å². The average Bonchev–Trinajstić information content (AvgIpc) is 2.37. The predicted octanol–water partition coefficient (Wildman–Crippen LogP) is -1.72. The molecule has 0 unspecified atom stereocenters. The highest BCUT2D eigenvalue weighted by Crippen LogP contribution is 1.95. The summed E-state index contributed by atoms with van der Waals surface area (Å²) in [5.74, 6) is -0.106. The van der Waals surface area contributed by atoms with E-state index in [1.54, 1.807) is 11.8 Å². The van der Waals surface area contributed by atoms with Gasteiger partial charge in [-0.05, 0) is 6.92 Å². The van der Waals surface area contributed by atoms with Gasteiger partial charge in [0.05, 0.1) is 0 Å². The number of amides is 1. The molecule has 1 aliphatic rings. The van der Waals surface area contributed by atoms with Crippen molar-refractivity contribution in [3.63, 3.8) is 0 Å². The van der Waals surface area contributed by atoms with Gasteiger partial charge < -0.3 is 10.2 Å². The highest BCUT2D eigenvalue weighted by atomic mass is 16.2. The van der Waals surface area contributed by atoms with Crippen molar-refractivity contribution >= 4 is 5.91 Å². The Labute approximate surface area is 103 Å². The van der Waals surface area contributed by atoms with Crippen molar-refractivity contribution in [1.82, 2.24) is 19.8 Å². The van der Waals surface area contributed by atoms with Gasteiger partial charge in [0.1, 0.15) is 6.54 Å². The third-order valence-corrected chi connectivity index (χ3v) is 2.96. The summed E-state index contributed by atoms with van der Waals surface area (Å²) < 4.78 is 1.24. The average molecular weight is 252 g/mol. The Morgan fingerprint density at radius 2 is 2.00 bits per heavy atom. The first-order valence-electron chi connectivity index (χ1n) is 5.87. The predicted molar refractivity (Wildman–Crippen MR) is 65.5 cm³/mol. The maximum atomic E-state index is 12.0. The number of carbonyl (C=O) groups excluding carboxylic acids is 1. The Morgan fingerprint density at radius 1 is 1.33 bits per heavy atom. The zero-order valence-electron chi connectivity index (χ0n) is 10.2. The molecule has 0 spiro atoms. The molecule has 0 bridgehead atoms. The zero-order valence-corrected chi connectivity index (χ0v) is 10.2. The summed E-state index contributed by atoms with van der Waals surface area (Å²) in [7, 11) is 0. The lowest BCUT2D eigenvalue weighted by molar-refractivity contribution is -0.132. The molecule has 2 N–H and O–H groups in total. The van der Waals surface area contributed by atoms with Crippen molar-refractivity contribution in [2.45, 2.75) is 13.5 Å². The number of piperazine rings is 1. The first-order chi connectivity index (χ1) is 8.58. The Morgan fingerprint density at radius 3 is 2.67 bits per heavy atom. The normalized spacial score (nSPS) is 15.7. The third-order valence-electron chi connectivity index (χ3n) is 2.96. The number of carbonyl (C=O) groups is 1. The van der Waals surface area contributed by atoms with Crippen LogP contribution >= 0.6 is 0 Å². The highest BCUT2D eigenvalue weighted by Gasteiger charge is 2.17. The second kappa shape index (κ2) is 5.18. The summed E-state index contributed by atoms with van der Waals surface area (Å²) in [5, 5.41) is 3.15. The Kier molecular flexibility index (Phi) is 3.61. The zero-order chi connectivity index (χ0) is 13.1. The van der Waals surface area contributed by atoms with Crippen LogP contribution in [-0.4, -0.2) is 46.5 Å². The van der Waals surface area contributed by atoms with Gasteiger partial charge in [0.2, 0.25) is 5.91 Å². The summed E-state index contributed by atoms with van der Waals surface area (Å²) in [6.07, 6.45) is 1.42. The number of hydrogen-bond acceptors (Lipinski definition) is 4. The molecule has 2 heterocycles. The molecule has 98 valence electrons. The van der Waals surface area contributed by atoms with Crippen molar-refractivity contribution in [3.8, 4) is 0 Å². The fraction of sp³-hybridized carbons (Fsp3) is 0.545. The summed E-state index contributed by atoms with van der Waals surface area (Å²) in [6.45, 7) is 4.41. The largest absolute Gasteiger partial charge is 0.339 e. The number of H-pyrrole nitrogens is 1. The van der Waals surface area contributed by atoms with Crippen LogP contribution in [0, 0.1) is 6.92 Å². The quantitative estimate of drug-likeness (QED) is 0.655. The summed E-state index contributed by atoms with van der Waals surface area (Å²) in [5.41, 5.74) is -0.539. The molecule has 18 heavy (non-hydrogen) atoms. The van der Waals surface area contributed by atoms with E-state index in [2.05, 4.69) is 10.3 Å². The van der Waals surface area contributed by atoms with Crippen LogP contribution in [0.15, 0.2) is 15.8 Å². The van der Waals surface area contributed by atoms with Crippen molar-refractivity contribution < 1.29 is 4.79 Å². The van der Waals surface area contributed by atoms with Gasteiger partial charge in [0.15, 0.2) is 0 Å². The number of hydrogen-bond donors (Lipinski definition) is 2. The van der Waals surface area contributed by atoms with Gasteiger partial charge in [0.25, 0.3) is 5.56 Å². The van der Waals surface area contributed by atoms with Crippen LogP contribution in [0.1, 0.15) is 5.56 Å². The minimum absolute atomic E-state index is 0.0313. The molecule has 7 heteroatoms. The number of aromatic amines is 1. The molecule has 1 saturated heterocycles. The van der Waals surface area contributed by atoms with E-state index in [1.165, 1.54) is 10.8 Å². The van der Waals surface area contributed by atoms with Gasteiger partial charge in [-0.2, -0.15) is 0 Å². The number of rotatable bonds is 2. The minimum Gasteiger partial charge on any atom is -0.339 e. The molecule has 1 amide bonds. The molecule has 0 aliphatic carbocycles. The third kappa shape index (κ3) is 2.67. The summed E-state index contributed by atoms with van der Waals surface area (Å²) >= 11 is 0. The summed E-state index contributed by atoms with van der Waals surface area (Å²) in [6, 6.07) is 0. The van der Waals surface area contributed by atoms with E-state index in [0.29, 0.717) is 18.7 Å². The molecule has 1 aliphatic heterocycles. The van der Waals surface area contributed by atoms with Crippen LogP contribution in [0.25, 0.3) is 0 Å². The van der Waals surface area contributed by atoms with Gasteiger partial charge in [-0.3, -0.25) is 19.1 Å². The van der Waals surface area contributed by atoms with Gasteiger partial charge in [-0.15, -0.1) is 0 Å². The van der Waals surface area contributed by atoms with Gasteiger partial charge in [-0.25, -0.2) is 4.79 Å². The Bertz CT molecular complexity index is 554. The first kappa shape index (κ1) is 12.6. The van der Waals surface area contributed by atoms with Gasteiger partial charge in [0, 0.05) is 37.9 Å². The number of aromatic nitrogens is 2. The SMILES string of the molecule is Cc1cn(CC(=O)N2CCNCC2)c(=O)[nH]c1=O. The van der Waals surface area contributed by atoms with E-state index < -0.39 is 11.2 Å². The smallest absolute Gasteiger partial charge is 0.328 e. The lowest BCUT2D eigenvalue weighted by Gasteiger charge is -2.27. The molecular weight excluding hydrogens is 236 g/mol. The van der Waals surface area contributed by atoms with Crippen LogP contribution in [0.2, 0.25) is 0 Å². The molecule has 1 aromatic heterocycles. The maximum absolute atomic E-state index is 12.0. The van der Waals surface area contributed by atoms with Crippen molar-refractivity contribution in [3.05, 3.63) is 32.6 Å². The van der Waals surface area contributed by atoms with E-state index in [-0.39, 0.29) is 12.5 Å². The lowest BCUT2D eigenvalue weighted by atomic mass is 10.3. The van der Waals surface area contributed by atoms with E-state index in [4.69, 9.17) is 0 Å². The number of nitrogens with zero attached hydrogens (tertiary/aromatic N) is 2. The lowest BCUT2D eigenvalue weighted by Crippen LogP contribution is -2.48. The molecular formula is C11H16N4O3. The standard InChI is InChI=1S/C11H16N4O3/c1-8-6-15(11(18)13-10(8)17)7-9(16)14-4-2-12-3-5-14/h6,12H,2-5,7H2,1H3,(H,13,17,18). The van der Waals surface area contributed by atoms with E-state index >= 15 is 0 Å². The molecule has 0 radical (unpaired) electrons. The Hall–Kier alpha value is -1.89. The van der Waals surface area contributed by atoms with Gasteiger partial charge >= 0.3 is 5.69 Å². The Balaban J connectivity index is 2.13. The van der Waals surface area contributed by atoms with Gasteiger partial charge in [-0.1, -0.05) is 0 Å². The van der Waals surface area contributed by atoms with Crippen LogP contribution in [0.5, 0.6) is 0 Å². The van der Waals surface area contributed by atoms with E-state index in [9.17, 15) is 14.4 Å². The van der Waals surface area contributed by atoms with Crippen LogP contribution in [0.3, 0.4) is 0 Å². The summed E-state index contributed by atoms with van der Waals surface area (Å²) in [4.78, 5) is 38.6. The molecule has 1 aromatic rings. The first-order valence-corrected chi connectivity index (χ1v) is 5.87. The molecule has 2 rings (SSSR count). The van der Waals surface area contributed by atoms with Crippen molar-refractivity contribution in [2.75, 3.05) is 26.2 Å². The van der Waals surface area contributed by atoms with E-state index in [0.717, 1.165) is 13.1 Å². The maximum Gasteiger partial charge on any atom is 0.328 e. The van der Waals surface area contributed by atoms with Crippen molar-refractivity contribution in [2.24, 2.45) is 0 Å². The molecule has 0 aromatic carbocycles. The fourth-order valence-corrected chi connectivity index (χ4v) is 1.90. The number of aryl methyl sites for hydroxylation is 1. The second-order valence-electron chi connectivity index (χ2n) is 4.33.